The molecule has 6 rings (SSSR count). The van der Waals surface area contributed by atoms with Crippen LogP contribution in [0.2, 0.25) is 0 Å². The number of oxazole rings is 1. The van der Waals surface area contributed by atoms with Crippen molar-refractivity contribution < 1.29 is 27.1 Å². The van der Waals surface area contributed by atoms with Crippen LogP contribution in [-0.4, -0.2) is 37.0 Å². The number of aromatic nitrogens is 4. The number of fused-ring (bicyclic) bond motifs is 1. The second-order valence-electron chi connectivity index (χ2n) is 11.1. The van der Waals surface area contributed by atoms with Gasteiger partial charge in [-0.2, -0.15) is 13.2 Å². The Balaban J connectivity index is 1.38. The van der Waals surface area contributed by atoms with E-state index in [2.05, 4.69) is 20.5 Å². The van der Waals surface area contributed by atoms with Gasteiger partial charge in [-0.05, 0) is 59.5 Å². The molecule has 0 radical (unpaired) electrons. The molecule has 7 nitrogen and oxygen atoms in total. The minimum Gasteiger partial charge on any atom is -0.435 e. The van der Waals surface area contributed by atoms with E-state index in [0.29, 0.717) is 40.1 Å². The molecule has 0 spiro atoms. The topological polar surface area (TPSA) is 89.0 Å². The van der Waals surface area contributed by atoms with Crippen molar-refractivity contribution in [2.75, 3.05) is 0 Å². The number of alkyl halides is 3. The fraction of sp³-hybridized carbons (Fsp3) is 0.300. The van der Waals surface area contributed by atoms with Gasteiger partial charge in [0, 0.05) is 36.2 Å². The Morgan fingerprint density at radius 1 is 1.07 bits per heavy atom. The largest absolute Gasteiger partial charge is 0.435 e. The van der Waals surface area contributed by atoms with Gasteiger partial charge >= 0.3 is 6.18 Å². The lowest BCUT2D eigenvalue weighted by Crippen LogP contribution is -2.59. The standard InChI is InChI=1S/C30H27F4N5O2/c1-29(2)24(13-25(29)40)35-14-16-9-22(30(32,33)34)26-23(10-16)37-28(41-26)18-6-4-5-17(11-18)20-8-7-19(31)12-21(20)27-38-36-15-39(27)3/h4-12,15,24-25,35,40H,13-14H2,1-3H3. The van der Waals surface area contributed by atoms with Gasteiger partial charge in [-0.15, -0.1) is 10.2 Å². The maximum Gasteiger partial charge on any atom is 0.420 e. The van der Waals surface area contributed by atoms with Crippen molar-refractivity contribution >= 4 is 11.1 Å². The molecule has 2 N–H and O–H groups in total. The molecular weight excluding hydrogens is 538 g/mol. The lowest BCUT2D eigenvalue weighted by Gasteiger charge is -2.49. The summed E-state index contributed by atoms with van der Waals surface area (Å²) in [5, 5.41) is 21.2. The number of hydrogen-bond acceptors (Lipinski definition) is 6. The summed E-state index contributed by atoms with van der Waals surface area (Å²) in [7, 11) is 1.75. The van der Waals surface area contributed by atoms with Crippen LogP contribution in [0.1, 0.15) is 31.4 Å². The van der Waals surface area contributed by atoms with Gasteiger partial charge in [-0.3, -0.25) is 0 Å². The number of nitrogens with zero attached hydrogens (tertiary/aromatic N) is 4. The van der Waals surface area contributed by atoms with Gasteiger partial charge in [0.05, 0.1) is 6.10 Å². The van der Waals surface area contributed by atoms with Gasteiger partial charge in [0.1, 0.15) is 23.2 Å². The van der Waals surface area contributed by atoms with E-state index in [-0.39, 0.29) is 35.0 Å². The molecule has 0 saturated heterocycles. The molecule has 3 aromatic carbocycles. The van der Waals surface area contributed by atoms with E-state index >= 15 is 0 Å². The number of hydrogen-bond donors (Lipinski definition) is 2. The Morgan fingerprint density at radius 2 is 1.85 bits per heavy atom. The summed E-state index contributed by atoms with van der Waals surface area (Å²) in [5.41, 5.74) is 1.20. The van der Waals surface area contributed by atoms with Gasteiger partial charge in [-0.1, -0.05) is 32.0 Å². The van der Waals surface area contributed by atoms with Crippen LogP contribution in [0.3, 0.4) is 0 Å². The minimum atomic E-state index is -4.65. The lowest BCUT2D eigenvalue weighted by molar-refractivity contribution is -0.136. The summed E-state index contributed by atoms with van der Waals surface area (Å²) in [4.78, 5) is 4.43. The Morgan fingerprint density at radius 3 is 2.54 bits per heavy atom. The van der Waals surface area contributed by atoms with E-state index in [1.807, 2.05) is 19.9 Å². The van der Waals surface area contributed by atoms with Crippen LogP contribution in [0, 0.1) is 11.2 Å². The van der Waals surface area contributed by atoms with Crippen molar-refractivity contribution in [3.05, 3.63) is 77.9 Å². The van der Waals surface area contributed by atoms with Crippen LogP contribution in [0.4, 0.5) is 17.6 Å². The van der Waals surface area contributed by atoms with Crippen LogP contribution < -0.4 is 5.32 Å². The Kier molecular flexibility index (Phi) is 6.46. The summed E-state index contributed by atoms with van der Waals surface area (Å²) >= 11 is 0. The maximum atomic E-state index is 14.2. The zero-order valence-corrected chi connectivity index (χ0v) is 22.5. The fourth-order valence-electron chi connectivity index (χ4n) is 5.32. The molecule has 0 bridgehead atoms. The van der Waals surface area contributed by atoms with Crippen LogP contribution in [0.15, 0.2) is 65.3 Å². The molecule has 2 unspecified atom stereocenters. The number of aliphatic hydroxyl groups excluding tert-OH is 1. The fourth-order valence-corrected chi connectivity index (χ4v) is 5.32. The normalized spacial score (nSPS) is 18.5. The zero-order valence-electron chi connectivity index (χ0n) is 22.5. The van der Waals surface area contributed by atoms with Gasteiger partial charge in [-0.25, -0.2) is 9.37 Å². The lowest BCUT2D eigenvalue weighted by atomic mass is 9.64. The van der Waals surface area contributed by atoms with Gasteiger partial charge in [0.25, 0.3) is 0 Å². The van der Waals surface area contributed by atoms with Crippen molar-refractivity contribution in [3.8, 4) is 34.0 Å². The van der Waals surface area contributed by atoms with Crippen LogP contribution in [0.5, 0.6) is 0 Å². The van der Waals surface area contributed by atoms with Crippen molar-refractivity contribution in [2.24, 2.45) is 12.5 Å². The average Bonchev–Trinajstić information content (AvgIpc) is 3.56. The molecular formula is C30H27F4N5O2. The highest BCUT2D eigenvalue weighted by Gasteiger charge is 2.46. The highest BCUT2D eigenvalue weighted by atomic mass is 19.4. The van der Waals surface area contributed by atoms with E-state index in [0.717, 1.165) is 6.07 Å². The molecule has 2 heterocycles. The number of aryl methyl sites for hydroxylation is 1. The third kappa shape index (κ3) is 4.89. The first-order valence-corrected chi connectivity index (χ1v) is 13.1. The first-order chi connectivity index (χ1) is 19.4. The Hall–Kier alpha value is -4.09. The molecule has 0 amide bonds. The molecule has 1 saturated carbocycles. The third-order valence-corrected chi connectivity index (χ3v) is 7.98. The van der Waals surface area contributed by atoms with Crippen LogP contribution >= 0.6 is 0 Å². The van der Waals surface area contributed by atoms with Crippen LogP contribution in [-0.2, 0) is 19.8 Å². The van der Waals surface area contributed by atoms with E-state index in [1.165, 1.54) is 18.5 Å². The third-order valence-electron chi connectivity index (χ3n) is 7.98. The van der Waals surface area contributed by atoms with Crippen molar-refractivity contribution in [1.29, 1.82) is 0 Å². The second-order valence-corrected chi connectivity index (χ2v) is 11.1. The summed E-state index contributed by atoms with van der Waals surface area (Å²) in [5.74, 6) is 0.0504. The average molecular weight is 566 g/mol. The van der Waals surface area contributed by atoms with Crippen LogP contribution in [0.25, 0.3) is 45.1 Å². The Bertz CT molecular complexity index is 1760. The summed E-state index contributed by atoms with van der Waals surface area (Å²) in [6.07, 6.45) is -3.05. The summed E-state index contributed by atoms with van der Waals surface area (Å²) < 4.78 is 63.9. The first kappa shape index (κ1) is 27.1. The van der Waals surface area contributed by atoms with E-state index < -0.39 is 23.7 Å². The Labute approximate surface area is 232 Å². The van der Waals surface area contributed by atoms with E-state index in [4.69, 9.17) is 4.42 Å². The minimum absolute atomic E-state index is 0.0176. The van der Waals surface area contributed by atoms with Crippen molar-refractivity contribution in [2.45, 2.75) is 45.1 Å². The van der Waals surface area contributed by atoms with Gasteiger partial charge in [0.2, 0.25) is 5.89 Å². The molecule has 1 aliphatic rings. The molecule has 11 heteroatoms. The number of halogens is 4. The monoisotopic (exact) mass is 565 g/mol. The predicted molar refractivity (Wildman–Crippen MR) is 145 cm³/mol. The number of aliphatic hydroxyl groups is 1. The number of rotatable bonds is 6. The summed E-state index contributed by atoms with van der Waals surface area (Å²) in [6.45, 7) is 4.03. The molecule has 0 aliphatic heterocycles. The van der Waals surface area contributed by atoms with E-state index in [9.17, 15) is 22.7 Å². The highest BCUT2D eigenvalue weighted by Crippen LogP contribution is 2.42. The number of benzene rings is 3. The number of nitrogens with one attached hydrogen (secondary N) is 1. The smallest absolute Gasteiger partial charge is 0.420 e. The maximum absolute atomic E-state index is 14.2. The summed E-state index contributed by atoms with van der Waals surface area (Å²) in [6, 6.07) is 13.9. The molecule has 2 aromatic heterocycles. The SMILES string of the molecule is Cn1cnnc1-c1cc(F)ccc1-c1cccc(-c2nc3cc(CNC4CC(O)C4(C)C)cc(C(F)(F)F)c3o2)c1. The van der Waals surface area contributed by atoms with Gasteiger partial charge < -0.3 is 19.4 Å². The van der Waals surface area contributed by atoms with Crippen molar-refractivity contribution in [3.63, 3.8) is 0 Å². The molecule has 1 fully saturated rings. The van der Waals surface area contributed by atoms with Crippen molar-refractivity contribution in [1.82, 2.24) is 25.1 Å². The van der Waals surface area contributed by atoms with E-state index in [1.54, 1.807) is 41.9 Å². The highest BCUT2D eigenvalue weighted by molar-refractivity contribution is 5.84. The zero-order chi connectivity index (χ0) is 29.1. The van der Waals surface area contributed by atoms with Gasteiger partial charge in [0.15, 0.2) is 11.4 Å². The molecule has 5 aromatic rings. The molecule has 2 atom stereocenters. The molecule has 41 heavy (non-hydrogen) atoms. The quantitative estimate of drug-likeness (QED) is 0.233. The molecule has 1 aliphatic carbocycles. The molecule has 212 valence electrons. The first-order valence-electron chi connectivity index (χ1n) is 13.1. The predicted octanol–water partition coefficient (Wildman–Crippen LogP) is 6.36. The second kappa shape index (κ2) is 9.78.